The second kappa shape index (κ2) is 12.9. The van der Waals surface area contributed by atoms with Crippen LogP contribution in [0.25, 0.3) is 0 Å². The van der Waals surface area contributed by atoms with Crippen molar-refractivity contribution in [1.29, 1.82) is 0 Å². The van der Waals surface area contributed by atoms with Crippen molar-refractivity contribution in [3.05, 3.63) is 77.1 Å². The first kappa shape index (κ1) is 34.7. The molecule has 4 aliphatic rings. The van der Waals surface area contributed by atoms with Crippen LogP contribution in [-0.2, 0) is 31.0 Å². The Morgan fingerprint density at radius 3 is 2.39 bits per heavy atom. The molecule has 2 aliphatic heterocycles. The van der Waals surface area contributed by atoms with Gasteiger partial charge < -0.3 is 20.6 Å². The number of carbonyl (C=O) groups excluding carboxylic acids is 3. The van der Waals surface area contributed by atoms with E-state index in [1.807, 2.05) is 13.8 Å². The predicted octanol–water partition coefficient (Wildman–Crippen LogP) is 4.04. The zero-order valence-electron chi connectivity index (χ0n) is 27.1. The van der Waals surface area contributed by atoms with Gasteiger partial charge in [-0.05, 0) is 73.1 Å². The van der Waals surface area contributed by atoms with Crippen molar-refractivity contribution in [2.24, 2.45) is 17.8 Å². The van der Waals surface area contributed by atoms with Crippen molar-refractivity contribution < 1.29 is 37.1 Å². The number of nitrogens with zero attached hydrogens (tertiary/aromatic N) is 2. The van der Waals surface area contributed by atoms with Crippen LogP contribution in [0.4, 0.5) is 14.9 Å². The van der Waals surface area contributed by atoms with E-state index in [1.54, 1.807) is 18.2 Å². The van der Waals surface area contributed by atoms with Gasteiger partial charge in [-0.15, -0.1) is 6.58 Å². The Hall–Kier alpha value is -4.17. The van der Waals surface area contributed by atoms with Gasteiger partial charge in [0.25, 0.3) is 5.91 Å². The van der Waals surface area contributed by atoms with E-state index in [4.69, 9.17) is 11.6 Å². The van der Waals surface area contributed by atoms with Crippen LogP contribution >= 0.6 is 11.6 Å². The van der Waals surface area contributed by atoms with Crippen molar-refractivity contribution in [2.75, 3.05) is 11.9 Å². The van der Waals surface area contributed by atoms with Gasteiger partial charge in [0.15, 0.2) is 0 Å². The van der Waals surface area contributed by atoms with Gasteiger partial charge in [0, 0.05) is 29.1 Å². The van der Waals surface area contributed by atoms with Gasteiger partial charge in [-0.3, -0.25) is 24.0 Å². The number of fused-ring (bicyclic) bond motifs is 1. The number of anilines is 1. The maximum atomic E-state index is 14.4. The largest absolute Gasteiger partial charge is 0.465 e. The van der Waals surface area contributed by atoms with E-state index in [-0.39, 0.29) is 31.8 Å². The van der Waals surface area contributed by atoms with Crippen molar-refractivity contribution in [3.63, 3.8) is 0 Å². The van der Waals surface area contributed by atoms with Crippen LogP contribution in [0.5, 0.6) is 0 Å². The topological polar surface area (TPSA) is 165 Å². The summed E-state index contributed by atoms with van der Waals surface area (Å²) in [5.41, 5.74) is 0.256. The number of carbonyl (C=O) groups is 4. The molecule has 49 heavy (non-hydrogen) atoms. The summed E-state index contributed by atoms with van der Waals surface area (Å²) in [5.74, 6) is -3.79. The third kappa shape index (κ3) is 6.60. The summed E-state index contributed by atoms with van der Waals surface area (Å²) in [6, 6.07) is 8.00. The fourth-order valence-electron chi connectivity index (χ4n) is 7.18. The average Bonchev–Trinajstić information content (AvgIpc) is 3.94. The van der Waals surface area contributed by atoms with Crippen molar-refractivity contribution in [1.82, 2.24) is 19.8 Å². The molecule has 262 valence electrons. The maximum absolute atomic E-state index is 14.4. The number of rotatable bonds is 11. The van der Waals surface area contributed by atoms with Gasteiger partial charge in [0.1, 0.15) is 23.4 Å². The Bertz CT molecular complexity index is 1800. The average molecular weight is 716 g/mol. The Kier molecular flexibility index (Phi) is 9.16. The van der Waals surface area contributed by atoms with E-state index >= 15 is 0 Å². The summed E-state index contributed by atoms with van der Waals surface area (Å²) in [5, 5.41) is 15.9. The van der Waals surface area contributed by atoms with Crippen LogP contribution in [0.3, 0.4) is 0 Å². The van der Waals surface area contributed by atoms with E-state index in [9.17, 15) is 37.1 Å². The zero-order chi connectivity index (χ0) is 35.4. The van der Waals surface area contributed by atoms with Crippen LogP contribution in [0.15, 0.2) is 55.1 Å². The lowest BCUT2D eigenvalue weighted by molar-refractivity contribution is -0.140. The molecule has 6 rings (SSSR count). The molecule has 3 fully saturated rings. The zero-order valence-corrected chi connectivity index (χ0v) is 28.6. The summed E-state index contributed by atoms with van der Waals surface area (Å²) >= 11 is 6.47. The van der Waals surface area contributed by atoms with Gasteiger partial charge in [-0.2, -0.15) is 0 Å². The van der Waals surface area contributed by atoms with Gasteiger partial charge in [-0.25, -0.2) is 17.6 Å². The molecule has 0 bridgehead atoms. The quantitative estimate of drug-likeness (QED) is 0.253. The van der Waals surface area contributed by atoms with Crippen LogP contribution in [-0.4, -0.2) is 76.6 Å². The van der Waals surface area contributed by atoms with Crippen molar-refractivity contribution in [3.8, 4) is 0 Å². The summed E-state index contributed by atoms with van der Waals surface area (Å²) in [4.78, 5) is 57.3. The molecule has 2 heterocycles. The molecule has 2 aliphatic carbocycles. The van der Waals surface area contributed by atoms with Crippen LogP contribution in [0.2, 0.25) is 5.02 Å². The maximum Gasteiger partial charge on any atom is 0.408 e. The summed E-state index contributed by atoms with van der Waals surface area (Å²) in [6.07, 6.45) is 1.37. The third-order valence-corrected chi connectivity index (χ3v) is 12.3. The minimum absolute atomic E-state index is 0.00573. The molecule has 0 radical (unpaired) electrons. The second-order valence-electron chi connectivity index (χ2n) is 13.7. The smallest absolute Gasteiger partial charge is 0.408 e. The van der Waals surface area contributed by atoms with Gasteiger partial charge in [-0.1, -0.05) is 43.7 Å². The normalized spacial score (nSPS) is 26.6. The standard InChI is InChI=1S/C34H39ClFN5O7S/c1-4-20-15-34(20,32(44)39-49(47,48)23-12-13-23)38-30(42)27-14-19(29-24-6-5-7-26(35)25(24)17-41(29)33(45)46)16-40(27)31(43)28(18(2)3)37-22-10-8-21(36)9-11-22/h4-11,18-20,23,27-29,37H,1,12-17H2,2-3H3,(H,38,42)(H,39,44)(H,45,46)/t19-,20-,27+,28+,29?,34-/m1/s1. The first-order valence-electron chi connectivity index (χ1n) is 16.3. The molecule has 12 nitrogen and oxygen atoms in total. The first-order chi connectivity index (χ1) is 23.2. The van der Waals surface area contributed by atoms with Crippen molar-refractivity contribution >= 4 is 51.1 Å². The second-order valence-corrected chi connectivity index (χ2v) is 16.1. The number of amides is 4. The lowest BCUT2D eigenvalue weighted by Crippen LogP contribution is -2.58. The molecule has 1 unspecified atom stereocenters. The lowest BCUT2D eigenvalue weighted by atomic mass is 9.90. The number of hydrogen-bond donors (Lipinski definition) is 4. The highest BCUT2D eigenvalue weighted by molar-refractivity contribution is 7.91. The molecule has 0 spiro atoms. The van der Waals surface area contributed by atoms with Gasteiger partial charge >= 0.3 is 6.09 Å². The number of nitrogens with one attached hydrogen (secondary N) is 3. The lowest BCUT2D eigenvalue weighted by Gasteiger charge is -2.32. The fraction of sp³-hybridized carbons (Fsp3) is 0.471. The van der Waals surface area contributed by atoms with Crippen molar-refractivity contribution in [2.45, 2.75) is 75.0 Å². The third-order valence-electron chi connectivity index (χ3n) is 10.1. The summed E-state index contributed by atoms with van der Waals surface area (Å²) in [6.45, 7) is 7.44. The number of benzene rings is 2. The molecule has 1 saturated heterocycles. The Labute approximate surface area is 289 Å². The molecular weight excluding hydrogens is 677 g/mol. The summed E-state index contributed by atoms with van der Waals surface area (Å²) in [7, 11) is -3.91. The first-order valence-corrected chi connectivity index (χ1v) is 18.2. The molecule has 4 N–H and O–H groups in total. The number of likely N-dealkylation sites (tertiary alicyclic amines) is 1. The number of sulfonamides is 1. The van der Waals surface area contributed by atoms with E-state index in [0.29, 0.717) is 34.7 Å². The molecule has 2 saturated carbocycles. The van der Waals surface area contributed by atoms with Gasteiger partial charge in [0.2, 0.25) is 21.8 Å². The number of hydrogen-bond acceptors (Lipinski definition) is 7. The molecule has 15 heteroatoms. The predicted molar refractivity (Wildman–Crippen MR) is 179 cm³/mol. The SMILES string of the molecule is C=C[C@@H]1C[C@]1(NC(=O)[C@@H]1C[C@@H](C2c3cccc(Cl)c3CN2C(=O)O)CN1C(=O)[C@@H](Nc1ccc(F)cc1)C(C)C)C(=O)NS(=O)(=O)C1CC1. The van der Waals surface area contributed by atoms with E-state index < -0.39 is 80.4 Å². The monoisotopic (exact) mass is 715 g/mol. The molecule has 2 aromatic carbocycles. The molecule has 2 aromatic rings. The van der Waals surface area contributed by atoms with E-state index in [1.165, 1.54) is 40.1 Å². The Morgan fingerprint density at radius 1 is 1.10 bits per heavy atom. The minimum atomic E-state index is -3.91. The molecule has 0 aromatic heterocycles. The highest BCUT2D eigenvalue weighted by Gasteiger charge is 2.62. The van der Waals surface area contributed by atoms with E-state index in [2.05, 4.69) is 21.9 Å². The van der Waals surface area contributed by atoms with E-state index in [0.717, 1.165) is 0 Å². The number of carboxylic acid groups (broad SMARTS) is 1. The van der Waals surface area contributed by atoms with Crippen LogP contribution < -0.4 is 15.4 Å². The molecular formula is C34H39ClFN5O7S. The molecule has 6 atom stereocenters. The summed E-state index contributed by atoms with van der Waals surface area (Å²) < 4.78 is 41.1. The fourth-order valence-corrected chi connectivity index (χ4v) is 8.78. The molecule has 4 amide bonds. The van der Waals surface area contributed by atoms with Gasteiger partial charge in [0.05, 0.1) is 17.8 Å². The number of halogens is 2. The Balaban J connectivity index is 1.33. The van der Waals surface area contributed by atoms with Crippen LogP contribution in [0.1, 0.15) is 56.7 Å². The Morgan fingerprint density at radius 2 is 1.80 bits per heavy atom. The van der Waals surface area contributed by atoms with Crippen LogP contribution in [0, 0.1) is 23.6 Å². The minimum Gasteiger partial charge on any atom is -0.465 e. The highest BCUT2D eigenvalue weighted by Crippen LogP contribution is 2.48. The highest BCUT2D eigenvalue weighted by atomic mass is 35.5.